The zero-order chi connectivity index (χ0) is 12.0. The molecule has 1 N–H and O–H groups in total. The topological polar surface area (TPSA) is 56.1 Å². The van der Waals surface area contributed by atoms with Crippen molar-refractivity contribution in [3.63, 3.8) is 0 Å². The quantitative estimate of drug-likeness (QED) is 0.835. The average molecular weight is 217 g/mol. The maximum absolute atomic E-state index is 12.0. The van der Waals surface area contributed by atoms with Gasteiger partial charge in [0.2, 0.25) is 0 Å². The summed E-state index contributed by atoms with van der Waals surface area (Å²) < 4.78 is 0. The van der Waals surface area contributed by atoms with Crippen LogP contribution in [0, 0.1) is 11.3 Å². The minimum atomic E-state index is -0.0693. The number of anilines is 1. The number of para-hydroxylation sites is 1. The molecular weight excluding hydrogens is 202 g/mol. The van der Waals surface area contributed by atoms with Crippen LogP contribution in [0.4, 0.5) is 5.69 Å². The molecule has 0 saturated heterocycles. The molecular formula is C12H15N3O. The second kappa shape index (κ2) is 5.76. The van der Waals surface area contributed by atoms with Gasteiger partial charge in [0.1, 0.15) is 0 Å². The van der Waals surface area contributed by atoms with Crippen molar-refractivity contribution in [3.8, 4) is 6.07 Å². The maximum Gasteiger partial charge on any atom is 0.255 e. The predicted octanol–water partition coefficient (Wildman–Crippen LogP) is 1.71. The van der Waals surface area contributed by atoms with Gasteiger partial charge in [-0.1, -0.05) is 12.1 Å². The lowest BCUT2D eigenvalue weighted by Gasteiger charge is -2.17. The van der Waals surface area contributed by atoms with Gasteiger partial charge in [-0.2, -0.15) is 5.26 Å². The van der Waals surface area contributed by atoms with Gasteiger partial charge in [0.05, 0.1) is 18.1 Å². The molecule has 0 heterocycles. The van der Waals surface area contributed by atoms with Crippen LogP contribution in [-0.4, -0.2) is 31.4 Å². The third-order valence-corrected chi connectivity index (χ3v) is 2.33. The Bertz CT molecular complexity index is 409. The van der Waals surface area contributed by atoms with Crippen molar-refractivity contribution in [3.05, 3.63) is 29.8 Å². The first-order chi connectivity index (χ1) is 7.70. The Morgan fingerprint density at radius 3 is 2.81 bits per heavy atom. The molecule has 0 atom stereocenters. The maximum atomic E-state index is 12.0. The van der Waals surface area contributed by atoms with Gasteiger partial charge in [0.15, 0.2) is 0 Å². The van der Waals surface area contributed by atoms with E-state index in [0.717, 1.165) is 5.69 Å². The van der Waals surface area contributed by atoms with E-state index in [9.17, 15) is 4.79 Å². The van der Waals surface area contributed by atoms with Crippen molar-refractivity contribution in [2.24, 2.45) is 0 Å². The fraction of sp³-hybridized carbons (Fsp3) is 0.333. The zero-order valence-electron chi connectivity index (χ0n) is 9.53. The van der Waals surface area contributed by atoms with E-state index < -0.39 is 0 Å². The summed E-state index contributed by atoms with van der Waals surface area (Å²) in [6.07, 6.45) is 0.351. The fourth-order valence-electron chi connectivity index (χ4n) is 1.41. The molecule has 0 aliphatic heterocycles. The second-order valence-corrected chi connectivity index (χ2v) is 3.43. The van der Waals surface area contributed by atoms with E-state index in [0.29, 0.717) is 18.5 Å². The van der Waals surface area contributed by atoms with E-state index in [2.05, 4.69) is 5.32 Å². The van der Waals surface area contributed by atoms with Crippen molar-refractivity contribution >= 4 is 11.6 Å². The minimum Gasteiger partial charge on any atom is -0.387 e. The van der Waals surface area contributed by atoms with Crippen LogP contribution in [0.5, 0.6) is 0 Å². The van der Waals surface area contributed by atoms with Crippen LogP contribution < -0.4 is 5.32 Å². The van der Waals surface area contributed by atoms with Gasteiger partial charge in [0.25, 0.3) is 5.91 Å². The molecule has 0 fully saturated rings. The highest BCUT2D eigenvalue weighted by atomic mass is 16.2. The van der Waals surface area contributed by atoms with Gasteiger partial charge < -0.3 is 10.2 Å². The van der Waals surface area contributed by atoms with Crippen LogP contribution in [0.2, 0.25) is 0 Å². The van der Waals surface area contributed by atoms with Crippen molar-refractivity contribution in [1.82, 2.24) is 4.90 Å². The third kappa shape index (κ3) is 2.74. The standard InChI is InChI=1S/C12H15N3O/c1-14-11-7-4-3-6-10(11)12(16)15(2)9-5-8-13/h3-4,6-7,14H,5,9H2,1-2H3. The molecule has 1 aromatic rings. The number of nitriles is 1. The van der Waals surface area contributed by atoms with E-state index >= 15 is 0 Å². The number of amides is 1. The van der Waals surface area contributed by atoms with Crippen LogP contribution in [0.3, 0.4) is 0 Å². The minimum absolute atomic E-state index is 0.0693. The molecule has 1 rings (SSSR count). The van der Waals surface area contributed by atoms with Gasteiger partial charge in [-0.15, -0.1) is 0 Å². The number of rotatable bonds is 4. The Labute approximate surface area is 95.5 Å². The molecule has 0 aliphatic carbocycles. The Morgan fingerprint density at radius 1 is 1.50 bits per heavy atom. The number of nitrogens with zero attached hydrogens (tertiary/aromatic N) is 2. The third-order valence-electron chi connectivity index (χ3n) is 2.33. The number of carbonyl (C=O) groups excluding carboxylic acids is 1. The first-order valence-corrected chi connectivity index (χ1v) is 5.10. The molecule has 0 bridgehead atoms. The Hall–Kier alpha value is -2.02. The molecule has 16 heavy (non-hydrogen) atoms. The van der Waals surface area contributed by atoms with E-state index in [1.807, 2.05) is 24.3 Å². The largest absolute Gasteiger partial charge is 0.387 e. The second-order valence-electron chi connectivity index (χ2n) is 3.43. The Kier molecular flexibility index (Phi) is 4.34. The summed E-state index contributed by atoms with van der Waals surface area (Å²) in [6.45, 7) is 0.452. The lowest BCUT2D eigenvalue weighted by Crippen LogP contribution is -2.28. The highest BCUT2D eigenvalue weighted by Gasteiger charge is 2.14. The highest BCUT2D eigenvalue weighted by Crippen LogP contribution is 2.15. The molecule has 84 valence electrons. The van der Waals surface area contributed by atoms with Gasteiger partial charge in [0, 0.05) is 26.3 Å². The van der Waals surface area contributed by atoms with Gasteiger partial charge in [-0.25, -0.2) is 0 Å². The number of carbonyl (C=O) groups is 1. The number of hydrogen-bond acceptors (Lipinski definition) is 3. The van der Waals surface area contributed by atoms with Gasteiger partial charge >= 0.3 is 0 Å². The Morgan fingerprint density at radius 2 is 2.19 bits per heavy atom. The monoisotopic (exact) mass is 217 g/mol. The number of hydrogen-bond donors (Lipinski definition) is 1. The first-order valence-electron chi connectivity index (χ1n) is 5.10. The number of nitrogens with one attached hydrogen (secondary N) is 1. The van der Waals surface area contributed by atoms with Crippen molar-refractivity contribution in [2.75, 3.05) is 26.0 Å². The Balaban J connectivity index is 2.83. The van der Waals surface area contributed by atoms with Crippen molar-refractivity contribution in [2.45, 2.75) is 6.42 Å². The summed E-state index contributed by atoms with van der Waals surface area (Å²) in [5.41, 5.74) is 1.43. The van der Waals surface area contributed by atoms with Gasteiger partial charge in [-0.3, -0.25) is 4.79 Å². The van der Waals surface area contributed by atoms with Crippen LogP contribution in [-0.2, 0) is 0 Å². The molecule has 0 aliphatic rings. The van der Waals surface area contributed by atoms with E-state index in [1.54, 1.807) is 25.1 Å². The lowest BCUT2D eigenvalue weighted by atomic mass is 10.1. The molecule has 4 heteroatoms. The summed E-state index contributed by atoms with van der Waals surface area (Å²) in [6, 6.07) is 9.35. The number of benzene rings is 1. The van der Waals surface area contributed by atoms with Crippen molar-refractivity contribution < 1.29 is 4.79 Å². The van der Waals surface area contributed by atoms with Crippen LogP contribution in [0.25, 0.3) is 0 Å². The zero-order valence-corrected chi connectivity index (χ0v) is 9.53. The summed E-state index contributed by atoms with van der Waals surface area (Å²) in [5.74, 6) is -0.0693. The fourth-order valence-corrected chi connectivity index (χ4v) is 1.41. The van der Waals surface area contributed by atoms with Crippen LogP contribution >= 0.6 is 0 Å². The summed E-state index contributed by atoms with van der Waals surface area (Å²) >= 11 is 0. The molecule has 0 spiro atoms. The lowest BCUT2D eigenvalue weighted by molar-refractivity contribution is 0.0799. The van der Waals surface area contributed by atoms with Crippen LogP contribution in [0.15, 0.2) is 24.3 Å². The molecule has 0 saturated carbocycles. The molecule has 1 amide bonds. The molecule has 4 nitrogen and oxygen atoms in total. The summed E-state index contributed by atoms with van der Waals surface area (Å²) in [4.78, 5) is 13.6. The smallest absolute Gasteiger partial charge is 0.255 e. The highest BCUT2D eigenvalue weighted by molar-refractivity contribution is 5.99. The normalized spacial score (nSPS) is 9.31. The molecule has 0 aromatic heterocycles. The summed E-state index contributed by atoms with van der Waals surface area (Å²) in [7, 11) is 3.48. The summed E-state index contributed by atoms with van der Waals surface area (Å²) in [5, 5.41) is 11.4. The molecule has 1 aromatic carbocycles. The molecule has 0 radical (unpaired) electrons. The average Bonchev–Trinajstić information content (AvgIpc) is 2.34. The van der Waals surface area contributed by atoms with Gasteiger partial charge in [-0.05, 0) is 12.1 Å². The predicted molar refractivity (Wildman–Crippen MR) is 63.2 cm³/mol. The first kappa shape index (κ1) is 12.1. The van der Waals surface area contributed by atoms with Crippen molar-refractivity contribution in [1.29, 1.82) is 5.26 Å². The molecule has 0 unspecified atom stereocenters. The van der Waals surface area contributed by atoms with E-state index in [-0.39, 0.29) is 5.91 Å². The SMILES string of the molecule is CNc1ccccc1C(=O)N(C)CCC#N. The van der Waals surface area contributed by atoms with Crippen LogP contribution in [0.1, 0.15) is 16.8 Å². The van der Waals surface area contributed by atoms with E-state index in [4.69, 9.17) is 5.26 Å². The van der Waals surface area contributed by atoms with E-state index in [1.165, 1.54) is 0 Å².